The monoisotopic (exact) mass is 388 g/mol. The van der Waals surface area contributed by atoms with Crippen molar-refractivity contribution in [2.75, 3.05) is 20.2 Å². The molecule has 0 aromatic carbocycles. The number of Topliss-reactive ketones (excluding diaryl/α,β-unsaturated/α-hetero) is 1. The van der Waals surface area contributed by atoms with E-state index in [2.05, 4.69) is 24.8 Å². The highest BCUT2D eigenvalue weighted by Gasteiger charge is 2.54. The van der Waals surface area contributed by atoms with Crippen molar-refractivity contribution in [3.05, 3.63) is 20.9 Å². The Bertz CT molecular complexity index is 649. The van der Waals surface area contributed by atoms with E-state index in [1.54, 1.807) is 0 Å². The van der Waals surface area contributed by atoms with Gasteiger partial charge < -0.3 is 29.9 Å². The van der Waals surface area contributed by atoms with Crippen LogP contribution >= 0.6 is 0 Å². The third-order valence-electron chi connectivity index (χ3n) is 4.07. The molecule has 0 radical (unpaired) electrons. The number of carbonyl (C=O) groups excluding carboxylic acids is 2. The summed E-state index contributed by atoms with van der Waals surface area (Å²) in [5.74, 6) is -5.64. The zero-order chi connectivity index (χ0) is 20.6. The van der Waals surface area contributed by atoms with Crippen LogP contribution in [0.3, 0.4) is 0 Å². The van der Waals surface area contributed by atoms with Crippen LogP contribution in [0.4, 0.5) is 0 Å². The van der Waals surface area contributed by atoms with E-state index in [9.17, 15) is 30.0 Å². The maximum Gasteiger partial charge on any atom is 0.366 e. The van der Waals surface area contributed by atoms with E-state index in [4.69, 9.17) is 15.8 Å². The number of aliphatic hydroxyl groups excluding tert-OH is 3. The molecule has 14 heteroatoms. The summed E-state index contributed by atoms with van der Waals surface area (Å²) in [7, 11) is 0.966. The number of methoxy groups -OCH3 is 1. The molecule has 6 atom stereocenters. The molecule has 0 aromatic heterocycles. The summed E-state index contributed by atoms with van der Waals surface area (Å²) >= 11 is 0. The summed E-state index contributed by atoms with van der Waals surface area (Å²) in [5, 5.41) is 47.0. The average Bonchev–Trinajstić information content (AvgIpc) is 2.64. The van der Waals surface area contributed by atoms with Crippen LogP contribution in [0, 0.1) is 5.92 Å². The summed E-state index contributed by atoms with van der Waals surface area (Å²) < 4.78 is 9.60. The summed E-state index contributed by atoms with van der Waals surface area (Å²) in [6, 6.07) is 0. The number of azide groups is 2. The highest BCUT2D eigenvalue weighted by Crippen LogP contribution is 2.36. The highest BCUT2D eigenvalue weighted by molar-refractivity contribution is 5.81. The van der Waals surface area contributed by atoms with E-state index in [-0.39, 0.29) is 0 Å². The van der Waals surface area contributed by atoms with E-state index in [1.807, 2.05) is 0 Å². The molecule has 1 aliphatic heterocycles. The number of hydrogen-bond acceptors (Lipinski definition) is 10. The van der Waals surface area contributed by atoms with Crippen molar-refractivity contribution in [2.45, 2.75) is 43.0 Å². The molecule has 1 unspecified atom stereocenters. The molecule has 1 saturated heterocycles. The number of rotatable bonds is 9. The van der Waals surface area contributed by atoms with Crippen molar-refractivity contribution in [1.82, 2.24) is 0 Å². The smallest absolute Gasteiger partial charge is 0.366 e. The molecule has 0 aliphatic carbocycles. The Morgan fingerprint density at radius 2 is 1.96 bits per heavy atom. The number of carbonyl (C=O) groups is 2. The minimum absolute atomic E-state index is 0.437. The topological polar surface area (TPSA) is 231 Å². The maximum atomic E-state index is 11.9. The van der Waals surface area contributed by atoms with Crippen LogP contribution in [0.2, 0.25) is 0 Å². The molecule has 27 heavy (non-hydrogen) atoms. The van der Waals surface area contributed by atoms with Crippen LogP contribution in [-0.4, -0.2) is 82.6 Å². The SMILES string of the molecule is COC(=O)[C@@]1(O)C[C@@H](O)[C@@H](CC(=O)CN=[N+]=[N-])C([C@H](O)[C@H](O)CN=[N+]=[N-])O1. The molecule has 0 amide bonds. The molecule has 0 bridgehead atoms. The molecule has 1 heterocycles. The van der Waals surface area contributed by atoms with Crippen molar-refractivity contribution in [3.63, 3.8) is 0 Å². The molecular weight excluding hydrogens is 368 g/mol. The van der Waals surface area contributed by atoms with Gasteiger partial charge in [0.1, 0.15) is 11.9 Å². The fourth-order valence-electron chi connectivity index (χ4n) is 2.77. The fourth-order valence-corrected chi connectivity index (χ4v) is 2.77. The molecule has 0 saturated carbocycles. The Hall–Kier alpha value is -2.44. The molecule has 14 nitrogen and oxygen atoms in total. The van der Waals surface area contributed by atoms with E-state index < -0.39 is 73.8 Å². The standard InChI is InChI=1S/C13H20N6O8/c1-26-12(24)13(25)3-8(21)7(2-6(20)4-16-18-14)11(27-13)10(23)9(22)5-17-19-15/h7-11,21-23,25H,2-5H2,1H3/t7-,8-,9-,10-,11?,13-/m1/s1. The predicted octanol–water partition coefficient (Wildman–Crippen LogP) is -1.08. The van der Waals surface area contributed by atoms with Gasteiger partial charge in [-0.3, -0.25) is 4.79 Å². The van der Waals surface area contributed by atoms with Crippen molar-refractivity contribution in [1.29, 1.82) is 0 Å². The molecule has 4 N–H and O–H groups in total. The number of nitrogens with zero attached hydrogens (tertiary/aromatic N) is 6. The second kappa shape index (κ2) is 10.0. The normalized spacial score (nSPS) is 29.6. The lowest BCUT2D eigenvalue weighted by molar-refractivity contribution is -0.304. The number of aliphatic hydroxyl groups is 4. The van der Waals surface area contributed by atoms with Crippen LogP contribution in [0.1, 0.15) is 12.8 Å². The Morgan fingerprint density at radius 1 is 1.33 bits per heavy atom. The lowest BCUT2D eigenvalue weighted by Crippen LogP contribution is -2.61. The van der Waals surface area contributed by atoms with Crippen molar-refractivity contribution >= 4 is 11.8 Å². The van der Waals surface area contributed by atoms with Crippen molar-refractivity contribution < 1.29 is 39.5 Å². The number of ketones is 1. The summed E-state index contributed by atoms with van der Waals surface area (Å²) in [6.45, 7) is -1.09. The maximum absolute atomic E-state index is 11.9. The number of esters is 1. The second-order valence-electron chi connectivity index (χ2n) is 5.90. The predicted molar refractivity (Wildman–Crippen MR) is 85.6 cm³/mol. The van der Waals surface area contributed by atoms with Gasteiger partial charge in [0.15, 0.2) is 0 Å². The van der Waals surface area contributed by atoms with Gasteiger partial charge in [-0.1, -0.05) is 10.2 Å². The second-order valence-corrected chi connectivity index (χ2v) is 5.90. The van der Waals surface area contributed by atoms with Gasteiger partial charge in [0, 0.05) is 28.6 Å². The molecular formula is C13H20N6O8. The highest BCUT2D eigenvalue weighted by atomic mass is 16.7. The minimum atomic E-state index is -2.62. The quantitative estimate of drug-likeness (QED) is 0.164. The van der Waals surface area contributed by atoms with Crippen LogP contribution in [0.25, 0.3) is 20.9 Å². The van der Waals surface area contributed by atoms with Gasteiger partial charge in [-0.2, -0.15) is 0 Å². The first-order valence-corrected chi connectivity index (χ1v) is 7.76. The average molecular weight is 388 g/mol. The van der Waals surface area contributed by atoms with Gasteiger partial charge in [-0.25, -0.2) is 4.79 Å². The first-order valence-electron chi connectivity index (χ1n) is 7.76. The zero-order valence-corrected chi connectivity index (χ0v) is 14.3. The Kier molecular flexibility index (Phi) is 8.40. The summed E-state index contributed by atoms with van der Waals surface area (Å²) in [6.07, 6.45) is -7.71. The van der Waals surface area contributed by atoms with Crippen LogP contribution < -0.4 is 0 Å². The zero-order valence-electron chi connectivity index (χ0n) is 14.3. The first-order chi connectivity index (χ1) is 12.7. The third kappa shape index (κ3) is 5.77. The summed E-state index contributed by atoms with van der Waals surface area (Å²) in [4.78, 5) is 28.5. The Morgan fingerprint density at radius 3 is 2.52 bits per heavy atom. The Balaban J connectivity index is 3.13. The van der Waals surface area contributed by atoms with Gasteiger partial charge in [-0.05, 0) is 11.1 Å². The third-order valence-corrected chi connectivity index (χ3v) is 4.07. The van der Waals surface area contributed by atoms with Crippen LogP contribution in [0.15, 0.2) is 10.2 Å². The molecule has 0 aromatic rings. The summed E-state index contributed by atoms with van der Waals surface area (Å²) in [5.41, 5.74) is 16.6. The lowest BCUT2D eigenvalue weighted by atomic mass is 9.80. The number of hydrogen-bond donors (Lipinski definition) is 4. The number of ether oxygens (including phenoxy) is 2. The molecule has 1 fully saturated rings. The van der Waals surface area contributed by atoms with E-state index in [0.29, 0.717) is 0 Å². The van der Waals surface area contributed by atoms with Gasteiger partial charge >= 0.3 is 5.97 Å². The van der Waals surface area contributed by atoms with Crippen LogP contribution in [-0.2, 0) is 19.1 Å². The van der Waals surface area contributed by atoms with E-state index >= 15 is 0 Å². The minimum Gasteiger partial charge on any atom is -0.465 e. The fraction of sp³-hybridized carbons (Fsp3) is 0.846. The van der Waals surface area contributed by atoms with E-state index in [0.717, 1.165) is 7.11 Å². The van der Waals surface area contributed by atoms with Gasteiger partial charge in [0.2, 0.25) is 0 Å². The molecule has 1 aliphatic rings. The molecule has 1 rings (SSSR count). The van der Waals surface area contributed by atoms with Gasteiger partial charge in [0.25, 0.3) is 5.79 Å². The van der Waals surface area contributed by atoms with Crippen molar-refractivity contribution in [2.24, 2.45) is 16.1 Å². The molecule has 150 valence electrons. The van der Waals surface area contributed by atoms with Crippen molar-refractivity contribution in [3.8, 4) is 0 Å². The lowest BCUT2D eigenvalue weighted by Gasteiger charge is -2.45. The largest absolute Gasteiger partial charge is 0.465 e. The van der Waals surface area contributed by atoms with E-state index in [1.165, 1.54) is 0 Å². The Labute approximate surface area is 152 Å². The van der Waals surface area contributed by atoms with Gasteiger partial charge in [-0.15, -0.1) is 0 Å². The van der Waals surface area contributed by atoms with Crippen LogP contribution in [0.5, 0.6) is 0 Å². The molecule has 0 spiro atoms. The first kappa shape index (κ1) is 22.6. The van der Waals surface area contributed by atoms with Gasteiger partial charge in [0.05, 0.1) is 38.5 Å².